The molecule has 1 fully saturated rings. The lowest BCUT2D eigenvalue weighted by molar-refractivity contribution is -0.133. The second kappa shape index (κ2) is 9.17. The summed E-state index contributed by atoms with van der Waals surface area (Å²) in [7, 11) is 0. The van der Waals surface area contributed by atoms with Gasteiger partial charge in [-0.1, -0.05) is 18.6 Å². The highest BCUT2D eigenvalue weighted by Gasteiger charge is 2.35. The SMILES string of the molecule is CCCNC(=O)CN1CCN(C(=O)CCN2C(=O)c3ccc(C)cc3C2=O)CC1. The lowest BCUT2D eigenvalue weighted by Crippen LogP contribution is -2.51. The Morgan fingerprint density at radius 2 is 1.72 bits per heavy atom. The zero-order chi connectivity index (χ0) is 21.0. The molecule has 8 heteroatoms. The van der Waals surface area contributed by atoms with Gasteiger partial charge in [0.05, 0.1) is 17.7 Å². The summed E-state index contributed by atoms with van der Waals surface area (Å²) in [4.78, 5) is 54.3. The molecular formula is C21H28N4O4. The molecule has 29 heavy (non-hydrogen) atoms. The molecule has 0 aliphatic carbocycles. The molecule has 2 aliphatic heterocycles. The third-order valence-corrected chi connectivity index (χ3v) is 5.34. The molecule has 1 aromatic carbocycles. The summed E-state index contributed by atoms with van der Waals surface area (Å²) >= 11 is 0. The van der Waals surface area contributed by atoms with Crippen LogP contribution in [0.25, 0.3) is 0 Å². The number of benzene rings is 1. The van der Waals surface area contributed by atoms with Crippen molar-refractivity contribution in [2.75, 3.05) is 45.8 Å². The first-order chi connectivity index (χ1) is 13.9. The molecule has 3 rings (SSSR count). The lowest BCUT2D eigenvalue weighted by atomic mass is 10.1. The molecule has 2 heterocycles. The summed E-state index contributed by atoms with van der Waals surface area (Å²) in [5, 5.41) is 2.85. The van der Waals surface area contributed by atoms with Gasteiger partial charge in [0.15, 0.2) is 0 Å². The number of hydrogen-bond donors (Lipinski definition) is 1. The number of piperazine rings is 1. The number of imide groups is 1. The molecule has 2 aliphatic rings. The molecule has 0 aromatic heterocycles. The van der Waals surface area contributed by atoms with Gasteiger partial charge in [-0.15, -0.1) is 0 Å². The van der Waals surface area contributed by atoms with Crippen molar-refractivity contribution >= 4 is 23.6 Å². The number of carbonyl (C=O) groups is 4. The summed E-state index contributed by atoms with van der Waals surface area (Å²) in [5.41, 5.74) is 1.74. The van der Waals surface area contributed by atoms with Crippen LogP contribution in [0.15, 0.2) is 18.2 Å². The van der Waals surface area contributed by atoms with Gasteiger partial charge in [0.2, 0.25) is 11.8 Å². The molecule has 1 N–H and O–H groups in total. The van der Waals surface area contributed by atoms with Crippen molar-refractivity contribution in [2.24, 2.45) is 0 Å². The first-order valence-electron chi connectivity index (χ1n) is 10.1. The van der Waals surface area contributed by atoms with Crippen LogP contribution < -0.4 is 5.32 Å². The van der Waals surface area contributed by atoms with Crippen molar-refractivity contribution in [3.8, 4) is 0 Å². The second-order valence-corrected chi connectivity index (χ2v) is 7.57. The van der Waals surface area contributed by atoms with Gasteiger partial charge in [-0.2, -0.15) is 0 Å². The maximum atomic E-state index is 12.5. The van der Waals surface area contributed by atoms with E-state index in [1.54, 1.807) is 23.1 Å². The van der Waals surface area contributed by atoms with E-state index >= 15 is 0 Å². The van der Waals surface area contributed by atoms with E-state index in [-0.39, 0.29) is 36.6 Å². The predicted octanol–water partition coefficient (Wildman–Crippen LogP) is 0.652. The molecule has 156 valence electrons. The van der Waals surface area contributed by atoms with Crippen molar-refractivity contribution < 1.29 is 19.2 Å². The number of carbonyl (C=O) groups excluding carboxylic acids is 4. The normalized spacial score (nSPS) is 16.9. The smallest absolute Gasteiger partial charge is 0.261 e. The van der Waals surface area contributed by atoms with Crippen LogP contribution in [0, 0.1) is 6.92 Å². The Hall–Kier alpha value is -2.74. The van der Waals surface area contributed by atoms with E-state index in [2.05, 4.69) is 5.32 Å². The summed E-state index contributed by atoms with van der Waals surface area (Å²) in [6.45, 7) is 7.34. The van der Waals surface area contributed by atoms with E-state index in [9.17, 15) is 19.2 Å². The third kappa shape index (κ3) is 4.82. The Morgan fingerprint density at radius 1 is 1.03 bits per heavy atom. The van der Waals surface area contributed by atoms with E-state index in [1.807, 2.05) is 18.7 Å². The van der Waals surface area contributed by atoms with Crippen LogP contribution in [0.1, 0.15) is 46.0 Å². The maximum Gasteiger partial charge on any atom is 0.261 e. The molecule has 0 unspecified atom stereocenters. The van der Waals surface area contributed by atoms with E-state index in [0.717, 1.165) is 16.9 Å². The van der Waals surface area contributed by atoms with Gasteiger partial charge in [0.1, 0.15) is 0 Å². The standard InChI is InChI=1S/C21H28N4O4/c1-3-7-22-18(26)14-23-9-11-24(12-10-23)19(27)6-8-25-20(28)16-5-4-15(2)13-17(16)21(25)29/h4-5,13H,3,6-12,14H2,1-2H3,(H,22,26). The van der Waals surface area contributed by atoms with E-state index in [4.69, 9.17) is 0 Å². The summed E-state index contributed by atoms with van der Waals surface area (Å²) in [6.07, 6.45) is 1.02. The van der Waals surface area contributed by atoms with Crippen molar-refractivity contribution in [2.45, 2.75) is 26.7 Å². The molecule has 0 saturated carbocycles. The number of rotatable bonds is 7. The molecule has 1 aromatic rings. The monoisotopic (exact) mass is 400 g/mol. The molecular weight excluding hydrogens is 372 g/mol. The fraction of sp³-hybridized carbons (Fsp3) is 0.524. The van der Waals surface area contributed by atoms with Gasteiger partial charge in [-0.25, -0.2) is 0 Å². The number of fused-ring (bicyclic) bond motifs is 1. The topological polar surface area (TPSA) is 90.0 Å². The Morgan fingerprint density at radius 3 is 2.41 bits per heavy atom. The molecule has 0 bridgehead atoms. The van der Waals surface area contributed by atoms with Crippen LogP contribution in [-0.4, -0.2) is 84.1 Å². The van der Waals surface area contributed by atoms with E-state index < -0.39 is 0 Å². The van der Waals surface area contributed by atoms with Crippen LogP contribution in [-0.2, 0) is 9.59 Å². The predicted molar refractivity (Wildman–Crippen MR) is 107 cm³/mol. The van der Waals surface area contributed by atoms with Crippen molar-refractivity contribution in [3.63, 3.8) is 0 Å². The maximum absolute atomic E-state index is 12.5. The molecule has 8 nitrogen and oxygen atoms in total. The highest BCUT2D eigenvalue weighted by molar-refractivity contribution is 6.21. The van der Waals surface area contributed by atoms with Crippen LogP contribution in [0.4, 0.5) is 0 Å². The first kappa shape index (κ1) is 21.0. The Bertz CT molecular complexity index is 815. The molecule has 4 amide bonds. The number of aryl methyl sites for hydroxylation is 1. The zero-order valence-corrected chi connectivity index (χ0v) is 17.1. The highest BCUT2D eigenvalue weighted by atomic mass is 16.2. The van der Waals surface area contributed by atoms with Crippen LogP contribution in [0.5, 0.6) is 0 Å². The number of nitrogens with one attached hydrogen (secondary N) is 1. The van der Waals surface area contributed by atoms with Crippen molar-refractivity contribution in [1.29, 1.82) is 0 Å². The van der Waals surface area contributed by atoms with Gasteiger partial charge in [0.25, 0.3) is 11.8 Å². The number of amides is 4. The second-order valence-electron chi connectivity index (χ2n) is 7.57. The number of hydrogen-bond acceptors (Lipinski definition) is 5. The minimum atomic E-state index is -0.333. The quantitative estimate of drug-likeness (QED) is 0.679. The summed E-state index contributed by atoms with van der Waals surface area (Å²) < 4.78 is 0. The van der Waals surface area contributed by atoms with E-state index in [1.165, 1.54) is 0 Å². The number of nitrogens with zero attached hydrogens (tertiary/aromatic N) is 3. The van der Waals surface area contributed by atoms with Crippen molar-refractivity contribution in [3.05, 3.63) is 34.9 Å². The highest BCUT2D eigenvalue weighted by Crippen LogP contribution is 2.24. The van der Waals surface area contributed by atoms with Crippen LogP contribution in [0.2, 0.25) is 0 Å². The fourth-order valence-corrected chi connectivity index (χ4v) is 3.65. The average Bonchev–Trinajstić information content (AvgIpc) is 2.94. The Kier molecular flexibility index (Phi) is 6.64. The van der Waals surface area contributed by atoms with Gasteiger partial charge < -0.3 is 10.2 Å². The first-order valence-corrected chi connectivity index (χ1v) is 10.1. The van der Waals surface area contributed by atoms with Gasteiger partial charge >= 0.3 is 0 Å². The summed E-state index contributed by atoms with van der Waals surface area (Å²) in [6, 6.07) is 5.19. The molecule has 0 radical (unpaired) electrons. The molecule has 0 atom stereocenters. The zero-order valence-electron chi connectivity index (χ0n) is 17.1. The Balaban J connectivity index is 1.46. The third-order valence-electron chi connectivity index (χ3n) is 5.34. The van der Waals surface area contributed by atoms with Crippen molar-refractivity contribution in [1.82, 2.24) is 20.0 Å². The van der Waals surface area contributed by atoms with Gasteiger partial charge in [0, 0.05) is 45.7 Å². The Labute approximate surface area is 170 Å². The minimum absolute atomic E-state index is 0.00693. The largest absolute Gasteiger partial charge is 0.355 e. The lowest BCUT2D eigenvalue weighted by Gasteiger charge is -2.34. The molecule has 0 spiro atoms. The summed E-state index contributed by atoms with van der Waals surface area (Å²) in [5.74, 6) is -0.731. The fourth-order valence-electron chi connectivity index (χ4n) is 3.65. The van der Waals surface area contributed by atoms with E-state index in [0.29, 0.717) is 50.4 Å². The average molecular weight is 400 g/mol. The van der Waals surface area contributed by atoms with Gasteiger partial charge in [-0.05, 0) is 25.5 Å². The molecule has 1 saturated heterocycles. The van der Waals surface area contributed by atoms with Crippen LogP contribution >= 0.6 is 0 Å². The van der Waals surface area contributed by atoms with Gasteiger partial charge in [-0.3, -0.25) is 29.0 Å². The minimum Gasteiger partial charge on any atom is -0.355 e. The van der Waals surface area contributed by atoms with Crippen LogP contribution in [0.3, 0.4) is 0 Å².